The standard InChI is InChI=1S/C24H22N4O/c29-24(27-19-12-5-4-11-18(19)17-9-2-1-3-10-17)28-16-8-15-22(28)23-25-20-13-6-7-14-21(20)26-23/h1-7,9-14,22H,8,15-16H2,(H,25,26)(H,27,29). The van der Waals surface area contributed by atoms with E-state index in [0.717, 1.165) is 53.1 Å². The molecule has 1 aliphatic rings. The van der Waals surface area contributed by atoms with Crippen LogP contribution in [0.5, 0.6) is 0 Å². The highest BCUT2D eigenvalue weighted by Crippen LogP contribution is 2.33. The second kappa shape index (κ2) is 7.43. The molecule has 0 radical (unpaired) electrons. The molecular formula is C24H22N4O. The van der Waals surface area contributed by atoms with Crippen molar-refractivity contribution in [3.63, 3.8) is 0 Å². The first-order valence-electron chi connectivity index (χ1n) is 9.96. The van der Waals surface area contributed by atoms with Crippen molar-refractivity contribution in [2.45, 2.75) is 18.9 Å². The Labute approximate surface area is 169 Å². The van der Waals surface area contributed by atoms with Crippen LogP contribution in [0.25, 0.3) is 22.2 Å². The Morgan fingerprint density at radius 1 is 0.966 bits per heavy atom. The van der Waals surface area contributed by atoms with Crippen molar-refractivity contribution in [1.29, 1.82) is 0 Å². The molecule has 1 aromatic heterocycles. The van der Waals surface area contributed by atoms with E-state index < -0.39 is 0 Å². The summed E-state index contributed by atoms with van der Waals surface area (Å²) in [7, 11) is 0. The average Bonchev–Trinajstić information content (AvgIpc) is 3.41. The van der Waals surface area contributed by atoms with Crippen LogP contribution in [0, 0.1) is 0 Å². The van der Waals surface area contributed by atoms with Crippen LogP contribution in [0.2, 0.25) is 0 Å². The van der Waals surface area contributed by atoms with E-state index in [0.29, 0.717) is 0 Å². The molecule has 5 heteroatoms. The van der Waals surface area contributed by atoms with Crippen LogP contribution >= 0.6 is 0 Å². The summed E-state index contributed by atoms with van der Waals surface area (Å²) in [6.45, 7) is 0.723. The first-order chi connectivity index (χ1) is 14.3. The van der Waals surface area contributed by atoms with Gasteiger partial charge in [0.2, 0.25) is 0 Å². The van der Waals surface area contributed by atoms with Gasteiger partial charge in [0.05, 0.1) is 22.8 Å². The summed E-state index contributed by atoms with van der Waals surface area (Å²) >= 11 is 0. The van der Waals surface area contributed by atoms with Crippen molar-refractivity contribution in [2.24, 2.45) is 0 Å². The minimum atomic E-state index is -0.0867. The number of para-hydroxylation sites is 3. The fourth-order valence-corrected chi connectivity index (χ4v) is 4.07. The van der Waals surface area contributed by atoms with E-state index >= 15 is 0 Å². The third-order valence-electron chi connectivity index (χ3n) is 5.49. The Kier molecular flexibility index (Phi) is 4.48. The number of benzene rings is 3. The Morgan fingerprint density at radius 3 is 2.59 bits per heavy atom. The van der Waals surface area contributed by atoms with Crippen LogP contribution in [0.15, 0.2) is 78.9 Å². The van der Waals surface area contributed by atoms with Gasteiger partial charge in [0.25, 0.3) is 0 Å². The number of nitrogens with one attached hydrogen (secondary N) is 2. The zero-order valence-electron chi connectivity index (χ0n) is 16.0. The Balaban J connectivity index is 1.41. The molecule has 5 rings (SSSR count). The quantitative estimate of drug-likeness (QED) is 0.484. The molecule has 1 fully saturated rings. The monoisotopic (exact) mass is 382 g/mol. The largest absolute Gasteiger partial charge is 0.340 e. The highest BCUT2D eigenvalue weighted by Gasteiger charge is 2.32. The number of hydrogen-bond acceptors (Lipinski definition) is 2. The maximum Gasteiger partial charge on any atom is 0.322 e. The number of nitrogens with zero attached hydrogens (tertiary/aromatic N) is 2. The zero-order valence-corrected chi connectivity index (χ0v) is 16.0. The molecule has 5 nitrogen and oxygen atoms in total. The zero-order chi connectivity index (χ0) is 19.6. The van der Waals surface area contributed by atoms with E-state index in [1.807, 2.05) is 71.6 Å². The molecule has 1 atom stereocenters. The number of aromatic nitrogens is 2. The molecule has 144 valence electrons. The second-order valence-electron chi connectivity index (χ2n) is 7.33. The molecule has 29 heavy (non-hydrogen) atoms. The normalized spacial score (nSPS) is 16.3. The fraction of sp³-hybridized carbons (Fsp3) is 0.167. The average molecular weight is 382 g/mol. The number of carbonyl (C=O) groups excluding carboxylic acids is 1. The third-order valence-corrected chi connectivity index (χ3v) is 5.49. The van der Waals surface area contributed by atoms with Gasteiger partial charge in [0.15, 0.2) is 0 Å². The summed E-state index contributed by atoms with van der Waals surface area (Å²) in [6, 6.07) is 25.9. The molecule has 2 amide bonds. The second-order valence-corrected chi connectivity index (χ2v) is 7.33. The van der Waals surface area contributed by atoms with Gasteiger partial charge in [-0.1, -0.05) is 60.7 Å². The van der Waals surface area contributed by atoms with Gasteiger partial charge in [0, 0.05) is 12.1 Å². The highest BCUT2D eigenvalue weighted by atomic mass is 16.2. The molecule has 0 aliphatic carbocycles. The van der Waals surface area contributed by atoms with Gasteiger partial charge in [0.1, 0.15) is 5.82 Å². The minimum absolute atomic E-state index is 0.0358. The molecule has 0 spiro atoms. The smallest absolute Gasteiger partial charge is 0.322 e. The lowest BCUT2D eigenvalue weighted by atomic mass is 10.0. The molecule has 0 bridgehead atoms. The maximum absolute atomic E-state index is 13.2. The van der Waals surface area contributed by atoms with Crippen LogP contribution in [-0.2, 0) is 0 Å². The van der Waals surface area contributed by atoms with Gasteiger partial charge < -0.3 is 15.2 Å². The molecule has 2 heterocycles. The van der Waals surface area contributed by atoms with E-state index in [9.17, 15) is 4.79 Å². The van der Waals surface area contributed by atoms with Crippen molar-refractivity contribution < 1.29 is 4.79 Å². The summed E-state index contributed by atoms with van der Waals surface area (Å²) in [5.41, 5.74) is 4.85. The number of urea groups is 1. The maximum atomic E-state index is 13.2. The predicted molar refractivity (Wildman–Crippen MR) is 116 cm³/mol. The van der Waals surface area contributed by atoms with Crippen LogP contribution in [0.3, 0.4) is 0 Å². The molecule has 3 aromatic carbocycles. The molecule has 4 aromatic rings. The minimum Gasteiger partial charge on any atom is -0.340 e. The number of rotatable bonds is 3. The Bertz CT molecular complexity index is 1120. The van der Waals surface area contributed by atoms with Gasteiger partial charge in [-0.05, 0) is 36.6 Å². The lowest BCUT2D eigenvalue weighted by Crippen LogP contribution is -2.35. The van der Waals surface area contributed by atoms with Crippen LogP contribution in [0.4, 0.5) is 10.5 Å². The van der Waals surface area contributed by atoms with Crippen molar-refractivity contribution in [1.82, 2.24) is 14.9 Å². The van der Waals surface area contributed by atoms with E-state index in [1.165, 1.54) is 0 Å². The number of amides is 2. The van der Waals surface area contributed by atoms with Crippen LogP contribution in [0.1, 0.15) is 24.7 Å². The first kappa shape index (κ1) is 17.5. The summed E-state index contributed by atoms with van der Waals surface area (Å²) < 4.78 is 0. The van der Waals surface area contributed by atoms with Gasteiger partial charge in [-0.25, -0.2) is 9.78 Å². The van der Waals surface area contributed by atoms with Crippen LogP contribution in [-0.4, -0.2) is 27.4 Å². The summed E-state index contributed by atoms with van der Waals surface area (Å²) in [5, 5.41) is 3.13. The van der Waals surface area contributed by atoms with Crippen LogP contribution < -0.4 is 5.32 Å². The van der Waals surface area contributed by atoms with Gasteiger partial charge in [-0.2, -0.15) is 0 Å². The lowest BCUT2D eigenvalue weighted by molar-refractivity contribution is 0.205. The molecule has 0 saturated carbocycles. The first-order valence-corrected chi connectivity index (χ1v) is 9.96. The third kappa shape index (κ3) is 3.36. The lowest BCUT2D eigenvalue weighted by Gasteiger charge is -2.24. The highest BCUT2D eigenvalue weighted by molar-refractivity contribution is 5.94. The number of aromatic amines is 1. The molecule has 1 unspecified atom stereocenters. The number of H-pyrrole nitrogens is 1. The number of fused-ring (bicyclic) bond motifs is 1. The summed E-state index contributed by atoms with van der Waals surface area (Å²) in [6.07, 6.45) is 1.88. The van der Waals surface area contributed by atoms with Crippen molar-refractivity contribution in [2.75, 3.05) is 11.9 Å². The molecular weight excluding hydrogens is 360 g/mol. The molecule has 2 N–H and O–H groups in total. The number of imidazole rings is 1. The van der Waals surface area contributed by atoms with Crippen molar-refractivity contribution >= 4 is 22.8 Å². The summed E-state index contributed by atoms with van der Waals surface area (Å²) in [5.74, 6) is 0.857. The molecule has 1 saturated heterocycles. The van der Waals surface area contributed by atoms with Crippen molar-refractivity contribution in [3.05, 3.63) is 84.7 Å². The Hall–Kier alpha value is -3.60. The van der Waals surface area contributed by atoms with E-state index in [4.69, 9.17) is 4.98 Å². The number of hydrogen-bond donors (Lipinski definition) is 2. The molecule has 1 aliphatic heterocycles. The summed E-state index contributed by atoms with van der Waals surface area (Å²) in [4.78, 5) is 23.2. The number of carbonyl (C=O) groups is 1. The topological polar surface area (TPSA) is 61.0 Å². The van der Waals surface area contributed by atoms with E-state index in [1.54, 1.807) is 0 Å². The van der Waals surface area contributed by atoms with E-state index in [2.05, 4.69) is 22.4 Å². The predicted octanol–water partition coefficient (Wildman–Crippen LogP) is 5.60. The number of anilines is 1. The van der Waals surface area contributed by atoms with Gasteiger partial charge in [-0.15, -0.1) is 0 Å². The fourth-order valence-electron chi connectivity index (χ4n) is 4.07. The van der Waals surface area contributed by atoms with Gasteiger partial charge in [-0.3, -0.25) is 0 Å². The van der Waals surface area contributed by atoms with Crippen molar-refractivity contribution in [3.8, 4) is 11.1 Å². The SMILES string of the molecule is O=C(Nc1ccccc1-c1ccccc1)N1CCCC1c1nc2ccccc2[nH]1. The Morgan fingerprint density at radius 2 is 1.72 bits per heavy atom. The van der Waals surface area contributed by atoms with E-state index in [-0.39, 0.29) is 12.1 Å². The van der Waals surface area contributed by atoms with Gasteiger partial charge >= 0.3 is 6.03 Å². The number of likely N-dealkylation sites (tertiary alicyclic amines) is 1.